The van der Waals surface area contributed by atoms with Crippen LogP contribution in [-0.2, 0) is 20.8 Å². The monoisotopic (exact) mass is 188 g/mol. The van der Waals surface area contributed by atoms with Gasteiger partial charge in [-0.3, -0.25) is 0 Å². The Kier molecular flexibility index (Phi) is 34.7. The van der Waals surface area contributed by atoms with Gasteiger partial charge in [0, 0.05) is 0 Å². The molecule has 30 valence electrons. The van der Waals surface area contributed by atoms with Gasteiger partial charge in [-0.2, -0.15) is 0 Å². The van der Waals surface area contributed by atoms with Crippen molar-refractivity contribution in [3.63, 3.8) is 0 Å². The molecule has 0 aliphatic rings. The standard InChI is InChI=1S/C2H4.2ClH.Zr/c1-2;;;/h1-2H2;2*1H;/q;;;+2/p-2. The second-order valence-electron chi connectivity index (χ2n) is 0.0714. The molecule has 0 aliphatic carbocycles. The van der Waals surface area contributed by atoms with E-state index in [4.69, 9.17) is 17.0 Å². The molecule has 0 nitrogen and oxygen atoms in total. The normalized spacial score (nSPS) is 4.00. The third kappa shape index (κ3) is 30.6. The summed E-state index contributed by atoms with van der Waals surface area (Å²) < 4.78 is 0. The summed E-state index contributed by atoms with van der Waals surface area (Å²) in [4.78, 5) is 0. The van der Waals surface area contributed by atoms with Crippen LogP contribution in [-0.4, -0.2) is 0 Å². The van der Waals surface area contributed by atoms with E-state index in [1.54, 1.807) is 0 Å². The Morgan fingerprint density at radius 3 is 1.20 bits per heavy atom. The van der Waals surface area contributed by atoms with E-state index in [1.165, 1.54) is 0 Å². The molecule has 3 heteroatoms. The maximum atomic E-state index is 4.93. The molecule has 0 aromatic rings. The fourth-order valence-corrected chi connectivity index (χ4v) is 0. The summed E-state index contributed by atoms with van der Waals surface area (Å²) >= 11 is -0.826. The molecule has 0 saturated carbocycles. The molecular formula is C2H4Cl2Zr. The summed E-state index contributed by atoms with van der Waals surface area (Å²) in [7, 11) is 9.87. The van der Waals surface area contributed by atoms with Gasteiger partial charge >= 0.3 is 37.9 Å². The second-order valence-corrected chi connectivity index (χ2v) is 3.80. The van der Waals surface area contributed by atoms with Gasteiger partial charge in [-0.1, -0.05) is 13.8 Å². The van der Waals surface area contributed by atoms with Crippen LogP contribution in [0.2, 0.25) is 0 Å². The first kappa shape index (κ1) is 9.68. The quantitative estimate of drug-likeness (QED) is 0.548. The van der Waals surface area contributed by atoms with Crippen LogP contribution in [0, 0.1) is 13.8 Å². The van der Waals surface area contributed by atoms with Crippen molar-refractivity contribution in [1.82, 2.24) is 0 Å². The molecule has 0 unspecified atom stereocenters. The van der Waals surface area contributed by atoms with Crippen LogP contribution in [0.25, 0.3) is 0 Å². The van der Waals surface area contributed by atoms with Crippen molar-refractivity contribution in [2.75, 3.05) is 0 Å². The van der Waals surface area contributed by atoms with E-state index in [2.05, 4.69) is 13.8 Å². The Bertz CT molecular complexity index is 7.61. The van der Waals surface area contributed by atoms with Gasteiger partial charge in [0.25, 0.3) is 0 Å². The number of rotatable bonds is 0. The van der Waals surface area contributed by atoms with Crippen molar-refractivity contribution in [2.24, 2.45) is 0 Å². The summed E-state index contributed by atoms with van der Waals surface area (Å²) in [6.07, 6.45) is 0. The van der Waals surface area contributed by atoms with Gasteiger partial charge in [0.1, 0.15) is 0 Å². The number of hydrogen-bond donors (Lipinski definition) is 0. The van der Waals surface area contributed by atoms with Crippen molar-refractivity contribution in [1.29, 1.82) is 0 Å². The minimum absolute atomic E-state index is 0.826. The molecule has 0 saturated heterocycles. The Hall–Kier alpha value is 1.46. The van der Waals surface area contributed by atoms with Crippen LogP contribution in [0.3, 0.4) is 0 Å². The van der Waals surface area contributed by atoms with Crippen LogP contribution in [0.1, 0.15) is 0 Å². The molecular weight excluding hydrogens is 186 g/mol. The second kappa shape index (κ2) is 17.9. The van der Waals surface area contributed by atoms with E-state index in [0.29, 0.717) is 0 Å². The van der Waals surface area contributed by atoms with Crippen molar-refractivity contribution < 1.29 is 20.8 Å². The van der Waals surface area contributed by atoms with Crippen molar-refractivity contribution in [2.45, 2.75) is 0 Å². The van der Waals surface area contributed by atoms with E-state index in [-0.39, 0.29) is 0 Å². The topological polar surface area (TPSA) is 0 Å². The van der Waals surface area contributed by atoms with Gasteiger partial charge in [-0.15, -0.1) is 0 Å². The predicted octanol–water partition coefficient (Wildman–Crippen LogP) is 2.03. The average Bonchev–Trinajstić information content (AvgIpc) is 1.46. The van der Waals surface area contributed by atoms with Crippen LogP contribution < -0.4 is 0 Å². The van der Waals surface area contributed by atoms with Crippen molar-refractivity contribution in [3.05, 3.63) is 13.8 Å². The Balaban J connectivity index is 0. The van der Waals surface area contributed by atoms with Gasteiger partial charge in [-0.05, 0) is 0 Å². The zero-order valence-electron chi connectivity index (χ0n) is 2.67. The van der Waals surface area contributed by atoms with Crippen molar-refractivity contribution >= 4 is 17.0 Å². The van der Waals surface area contributed by atoms with Gasteiger partial charge in [0.05, 0.1) is 0 Å². The molecule has 0 aromatic carbocycles. The van der Waals surface area contributed by atoms with E-state index >= 15 is 0 Å². The van der Waals surface area contributed by atoms with E-state index < -0.39 is 20.8 Å². The zero-order valence-corrected chi connectivity index (χ0v) is 6.64. The Morgan fingerprint density at radius 2 is 1.20 bits per heavy atom. The van der Waals surface area contributed by atoms with Gasteiger partial charge in [0.15, 0.2) is 0 Å². The first-order chi connectivity index (χ1) is 2.41. The SMILES string of the molecule is [CH2][CH2].[Cl][Zr][Cl]. The van der Waals surface area contributed by atoms with Crippen LogP contribution in [0.5, 0.6) is 0 Å². The van der Waals surface area contributed by atoms with Gasteiger partial charge in [0.2, 0.25) is 0 Å². The van der Waals surface area contributed by atoms with E-state index in [1.807, 2.05) is 0 Å². The van der Waals surface area contributed by atoms with Gasteiger partial charge in [-0.25, -0.2) is 0 Å². The summed E-state index contributed by atoms with van der Waals surface area (Å²) in [6.45, 7) is 6.00. The summed E-state index contributed by atoms with van der Waals surface area (Å²) in [5, 5.41) is 0. The third-order valence-electron chi connectivity index (χ3n) is 0. The van der Waals surface area contributed by atoms with Crippen molar-refractivity contribution in [3.8, 4) is 0 Å². The van der Waals surface area contributed by atoms with Crippen LogP contribution >= 0.6 is 17.0 Å². The predicted molar refractivity (Wildman–Crippen MR) is 22.4 cm³/mol. The number of hydrogen-bond acceptors (Lipinski definition) is 0. The van der Waals surface area contributed by atoms with Gasteiger partial charge < -0.3 is 0 Å². The molecule has 0 atom stereocenters. The minimum atomic E-state index is -0.826. The third-order valence-corrected chi connectivity index (χ3v) is 0. The first-order valence-corrected chi connectivity index (χ1v) is 7.21. The molecule has 0 bridgehead atoms. The summed E-state index contributed by atoms with van der Waals surface area (Å²) in [5.41, 5.74) is 0. The number of halogens is 2. The maximum absolute atomic E-state index is 4.93. The Labute approximate surface area is 51.5 Å². The molecule has 2 radical (unpaired) electrons. The van der Waals surface area contributed by atoms with E-state index in [9.17, 15) is 0 Å². The first-order valence-electron chi connectivity index (χ1n) is 0.878. The molecule has 0 N–H and O–H groups in total. The molecule has 0 amide bonds. The fraction of sp³-hybridized carbons (Fsp3) is 0. The summed E-state index contributed by atoms with van der Waals surface area (Å²) in [6, 6.07) is 0. The average molecular weight is 190 g/mol. The van der Waals surface area contributed by atoms with Crippen LogP contribution in [0.4, 0.5) is 0 Å². The molecule has 0 aromatic heterocycles. The fourth-order valence-electron chi connectivity index (χ4n) is 0. The van der Waals surface area contributed by atoms with Crippen LogP contribution in [0.15, 0.2) is 0 Å². The van der Waals surface area contributed by atoms with E-state index in [0.717, 1.165) is 0 Å². The molecule has 0 fully saturated rings. The molecule has 0 heterocycles. The molecule has 0 aliphatic heterocycles. The molecule has 0 spiro atoms. The zero-order chi connectivity index (χ0) is 4.71. The summed E-state index contributed by atoms with van der Waals surface area (Å²) in [5.74, 6) is 0. The Morgan fingerprint density at radius 1 is 1.20 bits per heavy atom. The molecule has 0 rings (SSSR count). The molecule has 5 heavy (non-hydrogen) atoms.